The zero-order chi connectivity index (χ0) is 18.4. The Kier molecular flexibility index (Phi) is 6.88. The van der Waals surface area contributed by atoms with Gasteiger partial charge < -0.3 is 15.3 Å². The van der Waals surface area contributed by atoms with Gasteiger partial charge in [0.1, 0.15) is 5.82 Å². The predicted octanol–water partition coefficient (Wildman–Crippen LogP) is 0.440. The number of aliphatic hydroxyl groups is 1. The van der Waals surface area contributed by atoms with Crippen molar-refractivity contribution in [3.05, 3.63) is 29.6 Å². The molecule has 0 bridgehead atoms. The number of nitrogens with one attached hydrogen (secondary N) is 1. The predicted molar refractivity (Wildman–Crippen MR) is 91.0 cm³/mol. The Balaban J connectivity index is 1.93. The van der Waals surface area contributed by atoms with Crippen molar-refractivity contribution in [3.8, 4) is 0 Å². The lowest BCUT2D eigenvalue weighted by atomic mass is 10.2. The van der Waals surface area contributed by atoms with Crippen LogP contribution in [0.4, 0.5) is 4.39 Å². The molecule has 1 amide bonds. The van der Waals surface area contributed by atoms with Crippen LogP contribution >= 0.6 is 0 Å². The van der Waals surface area contributed by atoms with E-state index in [0.717, 1.165) is 44.1 Å². The number of halogens is 1. The molecule has 1 heterocycles. The van der Waals surface area contributed by atoms with E-state index in [1.54, 1.807) is 0 Å². The fraction of sp³-hybridized carbons (Fsp3) is 0.562. The van der Waals surface area contributed by atoms with Gasteiger partial charge in [-0.1, -0.05) is 12.8 Å². The molecule has 0 spiro atoms. The Hall–Kier alpha value is -1.55. The lowest BCUT2D eigenvalue weighted by Crippen LogP contribution is -2.40. The lowest BCUT2D eigenvalue weighted by molar-refractivity contribution is 0.0859. The van der Waals surface area contributed by atoms with Crippen molar-refractivity contribution >= 4 is 15.9 Å². The number of aliphatic hydroxyl groups excluding tert-OH is 1. The molecule has 1 aliphatic heterocycles. The van der Waals surface area contributed by atoms with E-state index < -0.39 is 33.4 Å². The van der Waals surface area contributed by atoms with Crippen LogP contribution in [0.1, 0.15) is 36.0 Å². The van der Waals surface area contributed by atoms with Gasteiger partial charge in [0.2, 0.25) is 10.0 Å². The monoisotopic (exact) mass is 373 g/mol. The third-order valence-electron chi connectivity index (χ3n) is 4.18. The zero-order valence-corrected chi connectivity index (χ0v) is 14.8. The van der Waals surface area contributed by atoms with Crippen LogP contribution < -0.4 is 10.5 Å². The topological polar surface area (TPSA) is 113 Å². The van der Waals surface area contributed by atoms with Gasteiger partial charge in [-0.3, -0.25) is 4.79 Å². The molecule has 0 radical (unpaired) electrons. The molecule has 1 aromatic rings. The molecular weight excluding hydrogens is 349 g/mol. The summed E-state index contributed by atoms with van der Waals surface area (Å²) in [5.41, 5.74) is -0.423. The van der Waals surface area contributed by atoms with E-state index in [0.29, 0.717) is 6.54 Å². The number of carbonyl (C=O) groups excluding carboxylic acids is 1. The number of amides is 1. The fourth-order valence-corrected chi connectivity index (χ4v) is 3.38. The maximum absolute atomic E-state index is 13.8. The molecule has 25 heavy (non-hydrogen) atoms. The molecule has 0 aromatic heterocycles. The number of carbonyl (C=O) groups is 1. The summed E-state index contributed by atoms with van der Waals surface area (Å²) >= 11 is 0. The largest absolute Gasteiger partial charge is 0.390 e. The van der Waals surface area contributed by atoms with Gasteiger partial charge in [-0.25, -0.2) is 17.9 Å². The quantitative estimate of drug-likeness (QED) is 0.670. The molecule has 4 N–H and O–H groups in total. The second-order valence-electron chi connectivity index (χ2n) is 6.27. The minimum Gasteiger partial charge on any atom is -0.390 e. The number of sulfonamides is 1. The van der Waals surface area contributed by atoms with Crippen LogP contribution in [-0.2, 0) is 10.0 Å². The Bertz CT molecular complexity index is 703. The smallest absolute Gasteiger partial charge is 0.254 e. The summed E-state index contributed by atoms with van der Waals surface area (Å²) in [7, 11) is -4.03. The number of β-amino-alcohol motifs (C(OH)–C–C–N with tert-alkyl or cyclic N) is 1. The second-order valence-corrected chi connectivity index (χ2v) is 7.83. The minimum absolute atomic E-state index is 0.0472. The molecule has 7 nitrogen and oxygen atoms in total. The SMILES string of the molecule is NS(=O)(=O)c1ccc(F)c(C(=O)NC[C@H](O)CN2CCCCCC2)c1. The first-order valence-corrected chi connectivity index (χ1v) is 9.83. The molecular formula is C16H24FN3O4S. The number of rotatable bonds is 6. The van der Waals surface area contributed by atoms with Gasteiger partial charge in [0.25, 0.3) is 5.91 Å². The van der Waals surface area contributed by atoms with Crippen molar-refractivity contribution in [2.75, 3.05) is 26.2 Å². The average Bonchev–Trinajstić information content (AvgIpc) is 2.80. The highest BCUT2D eigenvalue weighted by molar-refractivity contribution is 7.89. The standard InChI is InChI=1S/C16H24FN3O4S/c17-15-6-5-13(25(18,23)24)9-14(15)16(22)19-10-12(21)11-20-7-3-1-2-4-8-20/h5-6,9,12,21H,1-4,7-8,10-11H2,(H,19,22)(H2,18,23,24)/t12-/m0/s1. The normalized spacial score (nSPS) is 17.7. The van der Waals surface area contributed by atoms with Crippen molar-refractivity contribution in [2.45, 2.75) is 36.7 Å². The van der Waals surface area contributed by atoms with Gasteiger partial charge in [0.05, 0.1) is 16.6 Å². The maximum atomic E-state index is 13.8. The van der Waals surface area contributed by atoms with E-state index in [4.69, 9.17) is 5.14 Å². The Morgan fingerprint density at radius 2 is 1.92 bits per heavy atom. The Morgan fingerprint density at radius 3 is 2.52 bits per heavy atom. The van der Waals surface area contributed by atoms with Gasteiger partial charge in [-0.2, -0.15) is 0 Å². The van der Waals surface area contributed by atoms with Gasteiger partial charge >= 0.3 is 0 Å². The molecule has 1 fully saturated rings. The van der Waals surface area contributed by atoms with Crippen molar-refractivity contribution in [1.29, 1.82) is 0 Å². The van der Waals surface area contributed by atoms with Crippen molar-refractivity contribution in [2.24, 2.45) is 5.14 Å². The highest BCUT2D eigenvalue weighted by atomic mass is 32.2. The summed E-state index contributed by atoms with van der Waals surface area (Å²) in [5, 5.41) is 17.5. The summed E-state index contributed by atoms with van der Waals surface area (Å²) in [6.45, 7) is 2.21. The third kappa shape index (κ3) is 6.03. The number of benzene rings is 1. The number of nitrogens with zero attached hydrogens (tertiary/aromatic N) is 1. The number of hydrogen-bond donors (Lipinski definition) is 3. The van der Waals surface area contributed by atoms with Gasteiger partial charge in [0.15, 0.2) is 0 Å². The molecule has 1 saturated heterocycles. The maximum Gasteiger partial charge on any atom is 0.254 e. The van der Waals surface area contributed by atoms with E-state index in [9.17, 15) is 22.7 Å². The first kappa shape index (κ1) is 19.8. The number of likely N-dealkylation sites (tertiary alicyclic amines) is 1. The first-order valence-electron chi connectivity index (χ1n) is 8.28. The van der Waals surface area contributed by atoms with Crippen LogP contribution in [-0.4, -0.2) is 56.6 Å². The second kappa shape index (κ2) is 8.70. The molecule has 0 saturated carbocycles. The third-order valence-corrected chi connectivity index (χ3v) is 5.09. The Labute approximate surface area is 147 Å². The van der Waals surface area contributed by atoms with Crippen LogP contribution in [0, 0.1) is 5.82 Å². The summed E-state index contributed by atoms with van der Waals surface area (Å²) in [6.07, 6.45) is 3.76. The van der Waals surface area contributed by atoms with E-state index >= 15 is 0 Å². The summed E-state index contributed by atoms with van der Waals surface area (Å²) in [6, 6.07) is 2.76. The van der Waals surface area contributed by atoms with Gasteiger partial charge in [-0.15, -0.1) is 0 Å². The zero-order valence-electron chi connectivity index (χ0n) is 13.9. The van der Waals surface area contributed by atoms with Crippen LogP contribution in [0.25, 0.3) is 0 Å². The molecule has 0 aliphatic carbocycles. The molecule has 0 unspecified atom stereocenters. The van der Waals surface area contributed by atoms with Gasteiger partial charge in [0, 0.05) is 13.1 Å². The number of hydrogen-bond acceptors (Lipinski definition) is 5. The highest BCUT2D eigenvalue weighted by Crippen LogP contribution is 2.14. The molecule has 2 rings (SSSR count). The molecule has 1 aliphatic rings. The molecule has 1 aromatic carbocycles. The van der Waals surface area contributed by atoms with Crippen LogP contribution in [0.15, 0.2) is 23.1 Å². The first-order chi connectivity index (χ1) is 11.8. The summed E-state index contributed by atoms with van der Waals surface area (Å²) < 4.78 is 36.4. The van der Waals surface area contributed by atoms with Crippen LogP contribution in [0.2, 0.25) is 0 Å². The fourth-order valence-electron chi connectivity index (χ4n) is 2.84. The van der Waals surface area contributed by atoms with E-state index in [2.05, 4.69) is 10.2 Å². The summed E-state index contributed by atoms with van der Waals surface area (Å²) in [5.74, 6) is -1.65. The van der Waals surface area contributed by atoms with E-state index in [-0.39, 0.29) is 11.4 Å². The van der Waals surface area contributed by atoms with Crippen molar-refractivity contribution in [1.82, 2.24) is 10.2 Å². The number of nitrogens with two attached hydrogens (primary N) is 1. The summed E-state index contributed by atoms with van der Waals surface area (Å²) in [4.78, 5) is 13.9. The van der Waals surface area contributed by atoms with Gasteiger partial charge in [-0.05, 0) is 44.1 Å². The molecule has 1 atom stereocenters. The number of primary sulfonamides is 1. The lowest BCUT2D eigenvalue weighted by Gasteiger charge is -2.23. The molecule has 140 valence electrons. The van der Waals surface area contributed by atoms with Crippen molar-refractivity contribution in [3.63, 3.8) is 0 Å². The van der Waals surface area contributed by atoms with Crippen molar-refractivity contribution < 1.29 is 22.7 Å². The van der Waals surface area contributed by atoms with E-state index in [1.807, 2.05) is 0 Å². The molecule has 9 heteroatoms. The average molecular weight is 373 g/mol. The Morgan fingerprint density at radius 1 is 1.28 bits per heavy atom. The highest BCUT2D eigenvalue weighted by Gasteiger charge is 2.19. The van der Waals surface area contributed by atoms with Crippen LogP contribution in [0.3, 0.4) is 0 Å². The minimum atomic E-state index is -4.03. The van der Waals surface area contributed by atoms with E-state index in [1.165, 1.54) is 12.8 Å². The van der Waals surface area contributed by atoms with Crippen LogP contribution in [0.5, 0.6) is 0 Å².